The van der Waals surface area contributed by atoms with E-state index in [4.69, 9.17) is 5.26 Å². The Labute approximate surface area is 125 Å². The third kappa shape index (κ3) is 4.03. The summed E-state index contributed by atoms with van der Waals surface area (Å²) in [5.41, 5.74) is 1.44. The third-order valence-electron chi connectivity index (χ3n) is 3.76. The van der Waals surface area contributed by atoms with Crippen molar-refractivity contribution in [3.05, 3.63) is 17.5 Å². The second-order valence-electron chi connectivity index (χ2n) is 5.28. The molecule has 0 saturated carbocycles. The molecule has 116 valence electrons. The first-order valence-corrected chi connectivity index (χ1v) is 8.78. The van der Waals surface area contributed by atoms with Gasteiger partial charge in [0.05, 0.1) is 11.4 Å². The molecule has 1 aliphatic rings. The number of hydrogen-bond donors (Lipinski definition) is 1. The monoisotopic (exact) mass is 311 g/mol. The van der Waals surface area contributed by atoms with Crippen LogP contribution in [-0.2, 0) is 23.1 Å². The molecule has 1 aromatic rings. The van der Waals surface area contributed by atoms with Gasteiger partial charge in [-0.25, -0.2) is 13.1 Å². The molecule has 1 unspecified atom stereocenters. The minimum atomic E-state index is -3.16. The zero-order valence-corrected chi connectivity index (χ0v) is 13.2. The highest BCUT2D eigenvalue weighted by atomic mass is 32.2. The van der Waals surface area contributed by atoms with E-state index in [0.29, 0.717) is 18.8 Å². The first kappa shape index (κ1) is 15.9. The summed E-state index contributed by atoms with van der Waals surface area (Å²) < 4.78 is 27.5. The molecule has 0 radical (unpaired) electrons. The van der Waals surface area contributed by atoms with Crippen molar-refractivity contribution in [1.82, 2.24) is 19.4 Å². The summed E-state index contributed by atoms with van der Waals surface area (Å²) in [5, 5.41) is 13.2. The molecule has 21 heavy (non-hydrogen) atoms. The lowest BCUT2D eigenvalue weighted by Crippen LogP contribution is -2.42. The number of nitrogens with zero attached hydrogens (tertiary/aromatic N) is 4. The van der Waals surface area contributed by atoms with Crippen LogP contribution in [0.15, 0.2) is 6.07 Å². The number of aryl methyl sites for hydroxylation is 1. The molecule has 1 aromatic heterocycles. The van der Waals surface area contributed by atoms with Gasteiger partial charge in [0.2, 0.25) is 10.0 Å². The zero-order valence-electron chi connectivity index (χ0n) is 12.4. The summed E-state index contributed by atoms with van der Waals surface area (Å²) in [6, 6.07) is 3.96. The Bertz CT molecular complexity index is 631. The van der Waals surface area contributed by atoms with Crippen molar-refractivity contribution in [2.24, 2.45) is 0 Å². The number of sulfonamides is 1. The maximum Gasteiger partial charge on any atom is 0.211 e. The summed E-state index contributed by atoms with van der Waals surface area (Å²) in [5.74, 6) is 0.0953. The Morgan fingerprint density at radius 3 is 2.95 bits per heavy atom. The summed E-state index contributed by atoms with van der Waals surface area (Å²) in [6.07, 6.45) is 0.935. The molecule has 0 amide bonds. The summed E-state index contributed by atoms with van der Waals surface area (Å²) >= 11 is 0. The van der Waals surface area contributed by atoms with E-state index in [1.807, 2.05) is 11.6 Å². The molecule has 0 saturated heterocycles. The highest BCUT2D eigenvalue weighted by molar-refractivity contribution is 7.89. The van der Waals surface area contributed by atoms with E-state index in [1.54, 1.807) is 13.0 Å². The van der Waals surface area contributed by atoms with Crippen LogP contribution in [0.2, 0.25) is 0 Å². The standard InChI is InChI=1S/C13H21N5O2S/c1-3-21(19,20)15-9-11(2)17-5-4-6-18-13(10-17)7-12(8-14)16-18/h7,11,15H,3-6,9-10H2,1-2H3. The Morgan fingerprint density at radius 2 is 2.29 bits per heavy atom. The molecular weight excluding hydrogens is 290 g/mol. The van der Waals surface area contributed by atoms with Gasteiger partial charge in [-0.15, -0.1) is 0 Å². The van der Waals surface area contributed by atoms with E-state index < -0.39 is 10.0 Å². The van der Waals surface area contributed by atoms with Crippen LogP contribution in [0, 0.1) is 11.3 Å². The topological polar surface area (TPSA) is 91.0 Å². The van der Waals surface area contributed by atoms with Crippen LogP contribution in [0.5, 0.6) is 0 Å². The number of hydrogen-bond acceptors (Lipinski definition) is 5. The van der Waals surface area contributed by atoms with Gasteiger partial charge in [-0.05, 0) is 26.3 Å². The van der Waals surface area contributed by atoms with Gasteiger partial charge < -0.3 is 0 Å². The van der Waals surface area contributed by atoms with Crippen LogP contribution in [-0.4, -0.2) is 48.0 Å². The molecule has 2 rings (SSSR count). The Balaban J connectivity index is 2.02. The van der Waals surface area contributed by atoms with Crippen LogP contribution in [0.25, 0.3) is 0 Å². The minimum absolute atomic E-state index is 0.0953. The zero-order chi connectivity index (χ0) is 15.5. The molecule has 0 bridgehead atoms. The van der Waals surface area contributed by atoms with Crippen molar-refractivity contribution in [2.75, 3.05) is 18.8 Å². The largest absolute Gasteiger partial charge is 0.293 e. The fourth-order valence-electron chi connectivity index (χ4n) is 2.40. The number of nitriles is 1. The van der Waals surface area contributed by atoms with Crippen molar-refractivity contribution in [1.29, 1.82) is 5.26 Å². The van der Waals surface area contributed by atoms with Gasteiger partial charge in [-0.2, -0.15) is 10.4 Å². The van der Waals surface area contributed by atoms with Crippen molar-refractivity contribution < 1.29 is 8.42 Å². The van der Waals surface area contributed by atoms with Gasteiger partial charge in [-0.1, -0.05) is 0 Å². The molecular formula is C13H21N5O2S. The number of rotatable bonds is 5. The average molecular weight is 311 g/mol. The summed E-state index contributed by atoms with van der Waals surface area (Å²) in [4.78, 5) is 2.22. The molecule has 0 spiro atoms. The quantitative estimate of drug-likeness (QED) is 0.844. The Hall–Kier alpha value is -1.43. The lowest BCUT2D eigenvalue weighted by atomic mass is 10.2. The molecule has 1 aliphatic heterocycles. The molecule has 0 fully saturated rings. The maximum atomic E-state index is 11.5. The van der Waals surface area contributed by atoms with Gasteiger partial charge >= 0.3 is 0 Å². The normalized spacial score (nSPS) is 17.8. The number of fused-ring (bicyclic) bond motifs is 1. The fraction of sp³-hybridized carbons (Fsp3) is 0.692. The van der Waals surface area contributed by atoms with Crippen LogP contribution in [0.1, 0.15) is 31.7 Å². The highest BCUT2D eigenvalue weighted by Gasteiger charge is 2.21. The second kappa shape index (κ2) is 6.56. The Kier molecular flexibility index (Phi) is 4.98. The van der Waals surface area contributed by atoms with Crippen LogP contribution in [0.3, 0.4) is 0 Å². The van der Waals surface area contributed by atoms with Crippen LogP contribution >= 0.6 is 0 Å². The van der Waals surface area contributed by atoms with Gasteiger partial charge in [-0.3, -0.25) is 9.58 Å². The number of aromatic nitrogens is 2. The van der Waals surface area contributed by atoms with Crippen molar-refractivity contribution in [2.45, 2.75) is 39.4 Å². The minimum Gasteiger partial charge on any atom is -0.293 e. The molecule has 7 nitrogen and oxygen atoms in total. The van der Waals surface area contributed by atoms with E-state index in [-0.39, 0.29) is 11.8 Å². The summed E-state index contributed by atoms with van der Waals surface area (Å²) in [7, 11) is -3.16. The molecule has 2 heterocycles. The predicted octanol–water partition coefficient (Wildman–Crippen LogP) is 0.288. The molecule has 0 aromatic carbocycles. The molecule has 1 N–H and O–H groups in total. The van der Waals surface area contributed by atoms with Gasteiger partial charge in [0.1, 0.15) is 6.07 Å². The van der Waals surface area contributed by atoms with Gasteiger partial charge in [0, 0.05) is 32.2 Å². The van der Waals surface area contributed by atoms with Crippen LogP contribution in [0.4, 0.5) is 0 Å². The fourth-order valence-corrected chi connectivity index (χ4v) is 3.10. The molecule has 8 heteroatoms. The number of nitrogens with one attached hydrogen (secondary N) is 1. The lowest BCUT2D eigenvalue weighted by Gasteiger charge is -2.27. The van der Waals surface area contributed by atoms with Gasteiger partial charge in [0.25, 0.3) is 0 Å². The summed E-state index contributed by atoms with van der Waals surface area (Å²) in [6.45, 7) is 6.40. The van der Waals surface area contributed by atoms with Crippen molar-refractivity contribution in [3.8, 4) is 6.07 Å². The molecule has 0 aliphatic carbocycles. The van der Waals surface area contributed by atoms with Crippen molar-refractivity contribution >= 4 is 10.0 Å². The smallest absolute Gasteiger partial charge is 0.211 e. The second-order valence-corrected chi connectivity index (χ2v) is 7.38. The maximum absolute atomic E-state index is 11.5. The van der Waals surface area contributed by atoms with Gasteiger partial charge in [0.15, 0.2) is 5.69 Å². The third-order valence-corrected chi connectivity index (χ3v) is 5.13. The van der Waals surface area contributed by atoms with E-state index in [2.05, 4.69) is 20.8 Å². The SMILES string of the molecule is CCS(=O)(=O)NCC(C)N1CCCn2nc(C#N)cc2C1. The molecule has 1 atom stereocenters. The van der Waals surface area contributed by atoms with Crippen LogP contribution < -0.4 is 4.72 Å². The Morgan fingerprint density at radius 1 is 1.52 bits per heavy atom. The van der Waals surface area contributed by atoms with E-state index in [1.165, 1.54) is 0 Å². The average Bonchev–Trinajstić information content (AvgIpc) is 2.76. The first-order chi connectivity index (χ1) is 9.95. The highest BCUT2D eigenvalue weighted by Crippen LogP contribution is 2.15. The first-order valence-electron chi connectivity index (χ1n) is 7.13. The van der Waals surface area contributed by atoms with Crippen molar-refractivity contribution in [3.63, 3.8) is 0 Å². The van der Waals surface area contributed by atoms with E-state index in [0.717, 1.165) is 25.2 Å². The predicted molar refractivity (Wildman–Crippen MR) is 78.9 cm³/mol. The van der Waals surface area contributed by atoms with E-state index >= 15 is 0 Å². The lowest BCUT2D eigenvalue weighted by molar-refractivity contribution is 0.204. The van der Waals surface area contributed by atoms with E-state index in [9.17, 15) is 8.42 Å².